The van der Waals surface area contributed by atoms with Gasteiger partial charge < -0.3 is 20.4 Å². The smallest absolute Gasteiger partial charge is 0.255 e. The number of halogens is 1. The molecule has 0 fully saturated rings. The standard InChI is InChI=1S/C14H18ClN5O2/c1-8(2)20-7-18-19-13(20)6-17-14(21)9-4-10(15)11(16)5-12(9)22-3/h4-5,7-8H,6,16H2,1-3H3,(H,17,21). The summed E-state index contributed by atoms with van der Waals surface area (Å²) in [5, 5.41) is 10.9. The fourth-order valence-electron chi connectivity index (χ4n) is 1.99. The lowest BCUT2D eigenvalue weighted by atomic mass is 10.1. The first-order valence-electron chi connectivity index (χ1n) is 6.73. The van der Waals surface area contributed by atoms with Crippen molar-refractivity contribution in [2.45, 2.75) is 26.4 Å². The van der Waals surface area contributed by atoms with Gasteiger partial charge in [-0.3, -0.25) is 4.79 Å². The summed E-state index contributed by atoms with van der Waals surface area (Å²) in [5.41, 5.74) is 6.38. The second-order valence-corrected chi connectivity index (χ2v) is 5.41. The summed E-state index contributed by atoms with van der Waals surface area (Å²) < 4.78 is 7.05. The van der Waals surface area contributed by atoms with E-state index in [-0.39, 0.29) is 18.5 Å². The van der Waals surface area contributed by atoms with Gasteiger partial charge in [0.25, 0.3) is 5.91 Å². The molecule has 0 aliphatic carbocycles. The van der Waals surface area contributed by atoms with Crippen molar-refractivity contribution in [3.8, 4) is 5.75 Å². The van der Waals surface area contributed by atoms with Crippen molar-refractivity contribution in [3.05, 3.63) is 34.9 Å². The van der Waals surface area contributed by atoms with Gasteiger partial charge in [-0.15, -0.1) is 10.2 Å². The van der Waals surface area contributed by atoms with Crippen LogP contribution in [0.3, 0.4) is 0 Å². The van der Waals surface area contributed by atoms with Crippen LogP contribution in [-0.2, 0) is 6.54 Å². The Morgan fingerprint density at radius 3 is 2.86 bits per heavy atom. The average molecular weight is 324 g/mol. The summed E-state index contributed by atoms with van der Waals surface area (Å²) in [7, 11) is 1.47. The summed E-state index contributed by atoms with van der Waals surface area (Å²) in [6.07, 6.45) is 1.63. The van der Waals surface area contributed by atoms with E-state index in [9.17, 15) is 4.79 Å². The fourth-order valence-corrected chi connectivity index (χ4v) is 2.16. The van der Waals surface area contributed by atoms with Crippen molar-refractivity contribution in [1.29, 1.82) is 0 Å². The normalized spacial score (nSPS) is 10.8. The minimum Gasteiger partial charge on any atom is -0.496 e. The molecular weight excluding hydrogens is 306 g/mol. The molecule has 22 heavy (non-hydrogen) atoms. The maximum Gasteiger partial charge on any atom is 0.255 e. The Kier molecular flexibility index (Phi) is 4.87. The van der Waals surface area contributed by atoms with Crippen LogP contribution < -0.4 is 15.8 Å². The molecule has 0 spiro atoms. The Bertz CT molecular complexity index is 684. The van der Waals surface area contributed by atoms with Gasteiger partial charge in [-0.25, -0.2) is 0 Å². The van der Waals surface area contributed by atoms with Crippen LogP contribution in [0.5, 0.6) is 5.75 Å². The van der Waals surface area contributed by atoms with Crippen LogP contribution in [-0.4, -0.2) is 27.8 Å². The Morgan fingerprint density at radius 1 is 1.50 bits per heavy atom. The number of hydrogen-bond donors (Lipinski definition) is 2. The van der Waals surface area contributed by atoms with Crippen molar-refractivity contribution in [1.82, 2.24) is 20.1 Å². The number of nitrogens with two attached hydrogens (primary N) is 1. The second-order valence-electron chi connectivity index (χ2n) is 5.00. The summed E-state index contributed by atoms with van der Waals surface area (Å²) in [4.78, 5) is 12.3. The van der Waals surface area contributed by atoms with Crippen LogP contribution in [0.2, 0.25) is 5.02 Å². The van der Waals surface area contributed by atoms with Crippen molar-refractivity contribution >= 4 is 23.2 Å². The number of nitrogens with zero attached hydrogens (tertiary/aromatic N) is 3. The van der Waals surface area contributed by atoms with Gasteiger partial charge in [-0.1, -0.05) is 11.6 Å². The molecule has 0 atom stereocenters. The number of methoxy groups -OCH3 is 1. The van der Waals surface area contributed by atoms with Crippen LogP contribution in [0, 0.1) is 0 Å². The number of benzene rings is 1. The zero-order valence-corrected chi connectivity index (χ0v) is 13.4. The van der Waals surface area contributed by atoms with E-state index in [1.165, 1.54) is 19.2 Å². The maximum absolute atomic E-state index is 12.3. The summed E-state index contributed by atoms with van der Waals surface area (Å²) in [6, 6.07) is 3.22. The molecule has 1 aromatic heterocycles. The van der Waals surface area contributed by atoms with Crippen LogP contribution in [0.15, 0.2) is 18.5 Å². The number of carbonyl (C=O) groups is 1. The Balaban J connectivity index is 2.16. The molecule has 0 bridgehead atoms. The Hall–Kier alpha value is -2.28. The van der Waals surface area contributed by atoms with E-state index in [2.05, 4.69) is 15.5 Å². The molecule has 0 aliphatic heterocycles. The zero-order chi connectivity index (χ0) is 16.3. The van der Waals surface area contributed by atoms with Gasteiger partial charge in [0.15, 0.2) is 5.82 Å². The number of nitrogen functional groups attached to an aromatic ring is 1. The number of anilines is 1. The molecule has 7 nitrogen and oxygen atoms in total. The minimum absolute atomic E-state index is 0.211. The van der Waals surface area contributed by atoms with E-state index < -0.39 is 0 Å². The molecule has 0 unspecified atom stereocenters. The number of rotatable bonds is 5. The summed E-state index contributed by atoms with van der Waals surface area (Å²) in [6.45, 7) is 4.27. The molecule has 3 N–H and O–H groups in total. The number of nitrogens with one attached hydrogen (secondary N) is 1. The lowest BCUT2D eigenvalue weighted by molar-refractivity contribution is 0.0946. The quantitative estimate of drug-likeness (QED) is 0.821. The molecule has 0 saturated carbocycles. The predicted octanol–water partition coefficient (Wildman–Crippen LogP) is 2.03. The summed E-state index contributed by atoms with van der Waals surface area (Å²) in [5.74, 6) is 0.714. The first kappa shape index (κ1) is 16.1. The highest BCUT2D eigenvalue weighted by Gasteiger charge is 2.16. The third-order valence-electron chi connectivity index (χ3n) is 3.17. The highest BCUT2D eigenvalue weighted by Crippen LogP contribution is 2.28. The van der Waals surface area contributed by atoms with Gasteiger partial charge in [0.05, 0.1) is 29.9 Å². The molecule has 0 saturated heterocycles. The third-order valence-corrected chi connectivity index (χ3v) is 3.50. The largest absolute Gasteiger partial charge is 0.496 e. The van der Waals surface area contributed by atoms with E-state index in [4.69, 9.17) is 22.1 Å². The minimum atomic E-state index is -0.322. The van der Waals surface area contributed by atoms with Gasteiger partial charge in [-0.05, 0) is 19.9 Å². The summed E-state index contributed by atoms with van der Waals surface area (Å²) >= 11 is 5.97. The highest BCUT2D eigenvalue weighted by atomic mass is 35.5. The SMILES string of the molecule is COc1cc(N)c(Cl)cc1C(=O)NCc1nncn1C(C)C. The van der Waals surface area contributed by atoms with E-state index in [0.717, 1.165) is 0 Å². The second kappa shape index (κ2) is 6.65. The highest BCUT2D eigenvalue weighted by molar-refractivity contribution is 6.33. The lowest BCUT2D eigenvalue weighted by Gasteiger charge is -2.13. The van der Waals surface area contributed by atoms with Crippen LogP contribution in [0.4, 0.5) is 5.69 Å². The number of amides is 1. The number of aromatic nitrogens is 3. The fraction of sp³-hybridized carbons (Fsp3) is 0.357. The molecule has 118 valence electrons. The van der Waals surface area contributed by atoms with Gasteiger partial charge in [-0.2, -0.15) is 0 Å². The molecule has 1 heterocycles. The van der Waals surface area contributed by atoms with Gasteiger partial charge in [0.2, 0.25) is 0 Å². The first-order chi connectivity index (χ1) is 10.4. The number of carbonyl (C=O) groups excluding carboxylic acids is 1. The average Bonchev–Trinajstić information content (AvgIpc) is 2.95. The molecule has 2 rings (SSSR count). The maximum atomic E-state index is 12.3. The molecule has 0 aliphatic rings. The molecule has 1 amide bonds. The topological polar surface area (TPSA) is 95.1 Å². The number of ether oxygens (including phenoxy) is 1. The van der Waals surface area contributed by atoms with Crippen LogP contribution in [0.25, 0.3) is 0 Å². The zero-order valence-electron chi connectivity index (χ0n) is 12.6. The van der Waals surface area contributed by atoms with Gasteiger partial charge >= 0.3 is 0 Å². The van der Waals surface area contributed by atoms with Gasteiger partial charge in [0.1, 0.15) is 12.1 Å². The van der Waals surface area contributed by atoms with Crippen LogP contribution >= 0.6 is 11.6 Å². The van der Waals surface area contributed by atoms with Gasteiger partial charge in [0, 0.05) is 12.1 Å². The lowest BCUT2D eigenvalue weighted by Crippen LogP contribution is -2.25. The third kappa shape index (κ3) is 3.30. The molecular formula is C14H18ClN5O2. The van der Waals surface area contributed by atoms with Crippen molar-refractivity contribution in [3.63, 3.8) is 0 Å². The van der Waals surface area contributed by atoms with E-state index >= 15 is 0 Å². The van der Waals surface area contributed by atoms with Crippen molar-refractivity contribution < 1.29 is 9.53 Å². The van der Waals surface area contributed by atoms with E-state index in [1.807, 2.05) is 18.4 Å². The molecule has 2 aromatic rings. The molecule has 8 heteroatoms. The van der Waals surface area contributed by atoms with Crippen LogP contribution in [0.1, 0.15) is 36.1 Å². The molecule has 0 radical (unpaired) electrons. The van der Waals surface area contributed by atoms with E-state index in [0.29, 0.717) is 27.8 Å². The predicted molar refractivity (Wildman–Crippen MR) is 84.0 cm³/mol. The Morgan fingerprint density at radius 2 is 2.23 bits per heavy atom. The first-order valence-corrected chi connectivity index (χ1v) is 7.11. The monoisotopic (exact) mass is 323 g/mol. The number of hydrogen-bond acceptors (Lipinski definition) is 5. The van der Waals surface area contributed by atoms with E-state index in [1.54, 1.807) is 6.33 Å². The molecule has 1 aromatic carbocycles. The Labute approximate surface area is 133 Å². The van der Waals surface area contributed by atoms with Crippen molar-refractivity contribution in [2.24, 2.45) is 0 Å². The van der Waals surface area contributed by atoms with Crippen molar-refractivity contribution in [2.75, 3.05) is 12.8 Å².